The summed E-state index contributed by atoms with van der Waals surface area (Å²) >= 11 is 0. The Hall–Kier alpha value is -1.09. The second-order valence-electron chi connectivity index (χ2n) is 5.37. The molecule has 1 saturated heterocycles. The summed E-state index contributed by atoms with van der Waals surface area (Å²) in [5, 5.41) is 3.60. The topological polar surface area (TPSA) is 15.3 Å². The van der Waals surface area contributed by atoms with Crippen LogP contribution in [0.4, 0.5) is 10.1 Å². The van der Waals surface area contributed by atoms with E-state index in [1.54, 1.807) is 12.1 Å². The first-order chi connectivity index (χ1) is 8.69. The minimum absolute atomic E-state index is 0.163. The van der Waals surface area contributed by atoms with Crippen LogP contribution in [0.5, 0.6) is 0 Å². The molecule has 1 heterocycles. The lowest BCUT2D eigenvalue weighted by molar-refractivity contribution is 0.351. The summed E-state index contributed by atoms with van der Waals surface area (Å²) in [6.45, 7) is 7.65. The van der Waals surface area contributed by atoms with Gasteiger partial charge in [-0.15, -0.1) is 0 Å². The van der Waals surface area contributed by atoms with E-state index < -0.39 is 0 Å². The fourth-order valence-corrected chi connectivity index (χ4v) is 2.71. The SMILES string of the molecule is CCCNC1CC(C)CN(c2ccc(F)cc2)C1. The average Bonchev–Trinajstić information content (AvgIpc) is 2.36. The summed E-state index contributed by atoms with van der Waals surface area (Å²) in [5.41, 5.74) is 1.13. The summed E-state index contributed by atoms with van der Waals surface area (Å²) in [4.78, 5) is 2.36. The molecular formula is C15H23FN2. The maximum absolute atomic E-state index is 12.9. The number of piperidine rings is 1. The van der Waals surface area contributed by atoms with E-state index in [2.05, 4.69) is 24.1 Å². The van der Waals surface area contributed by atoms with E-state index >= 15 is 0 Å². The Kier molecular flexibility index (Phi) is 4.59. The van der Waals surface area contributed by atoms with E-state index in [-0.39, 0.29) is 5.82 Å². The number of nitrogens with one attached hydrogen (secondary N) is 1. The lowest BCUT2D eigenvalue weighted by Gasteiger charge is -2.38. The Morgan fingerprint density at radius 1 is 1.28 bits per heavy atom. The van der Waals surface area contributed by atoms with Gasteiger partial charge < -0.3 is 10.2 Å². The van der Waals surface area contributed by atoms with Gasteiger partial charge >= 0.3 is 0 Å². The Bertz CT molecular complexity index is 363. The highest BCUT2D eigenvalue weighted by Gasteiger charge is 2.24. The van der Waals surface area contributed by atoms with E-state index in [0.717, 1.165) is 25.3 Å². The number of hydrogen-bond donors (Lipinski definition) is 1. The number of rotatable bonds is 4. The van der Waals surface area contributed by atoms with E-state index in [1.165, 1.54) is 12.8 Å². The third-order valence-electron chi connectivity index (χ3n) is 3.53. The van der Waals surface area contributed by atoms with Crippen molar-refractivity contribution in [1.29, 1.82) is 0 Å². The van der Waals surface area contributed by atoms with Crippen molar-refractivity contribution >= 4 is 5.69 Å². The van der Waals surface area contributed by atoms with Crippen molar-refractivity contribution in [1.82, 2.24) is 5.32 Å². The van der Waals surface area contributed by atoms with Crippen LogP contribution in [0, 0.1) is 11.7 Å². The minimum atomic E-state index is -0.163. The van der Waals surface area contributed by atoms with Gasteiger partial charge in [-0.1, -0.05) is 13.8 Å². The maximum atomic E-state index is 12.9. The van der Waals surface area contributed by atoms with Crippen LogP contribution in [-0.4, -0.2) is 25.7 Å². The van der Waals surface area contributed by atoms with Gasteiger partial charge in [0.25, 0.3) is 0 Å². The van der Waals surface area contributed by atoms with Crippen molar-refractivity contribution in [3.63, 3.8) is 0 Å². The van der Waals surface area contributed by atoms with Gasteiger partial charge in [-0.2, -0.15) is 0 Å². The standard InChI is InChI=1S/C15H23FN2/c1-3-8-17-14-9-12(2)10-18(11-14)15-6-4-13(16)5-7-15/h4-7,12,14,17H,3,8-11H2,1-2H3. The third kappa shape index (κ3) is 3.45. The van der Waals surface area contributed by atoms with Gasteiger partial charge in [-0.25, -0.2) is 4.39 Å². The van der Waals surface area contributed by atoms with Gasteiger partial charge in [-0.05, 0) is 49.6 Å². The first-order valence-corrected chi connectivity index (χ1v) is 6.93. The first-order valence-electron chi connectivity index (χ1n) is 6.93. The zero-order chi connectivity index (χ0) is 13.0. The summed E-state index contributed by atoms with van der Waals surface area (Å²) in [6.07, 6.45) is 2.40. The Morgan fingerprint density at radius 3 is 2.67 bits per heavy atom. The Morgan fingerprint density at radius 2 is 2.00 bits per heavy atom. The molecule has 1 aliphatic heterocycles. The van der Waals surface area contributed by atoms with E-state index in [1.807, 2.05) is 12.1 Å². The minimum Gasteiger partial charge on any atom is -0.370 e. The van der Waals surface area contributed by atoms with Crippen LogP contribution in [0.1, 0.15) is 26.7 Å². The molecule has 2 unspecified atom stereocenters. The summed E-state index contributed by atoms with van der Waals surface area (Å²) in [5.74, 6) is 0.516. The molecule has 1 aromatic rings. The molecule has 100 valence electrons. The van der Waals surface area contributed by atoms with E-state index in [9.17, 15) is 4.39 Å². The fraction of sp³-hybridized carbons (Fsp3) is 0.600. The van der Waals surface area contributed by atoms with Crippen LogP contribution >= 0.6 is 0 Å². The highest BCUT2D eigenvalue weighted by Crippen LogP contribution is 2.23. The largest absolute Gasteiger partial charge is 0.370 e. The number of anilines is 1. The highest BCUT2D eigenvalue weighted by atomic mass is 19.1. The molecule has 1 N–H and O–H groups in total. The predicted molar refractivity (Wildman–Crippen MR) is 74.5 cm³/mol. The van der Waals surface area contributed by atoms with Crippen molar-refractivity contribution in [3.8, 4) is 0 Å². The lowest BCUT2D eigenvalue weighted by Crippen LogP contribution is -2.49. The number of halogens is 1. The molecule has 0 spiro atoms. The average molecular weight is 250 g/mol. The van der Waals surface area contributed by atoms with Gasteiger partial charge in [-0.3, -0.25) is 0 Å². The fourth-order valence-electron chi connectivity index (χ4n) is 2.71. The van der Waals surface area contributed by atoms with Gasteiger partial charge in [0.05, 0.1) is 0 Å². The molecule has 0 bridgehead atoms. The highest BCUT2D eigenvalue weighted by molar-refractivity contribution is 5.47. The molecule has 1 aliphatic rings. The molecule has 1 aromatic carbocycles. The summed E-state index contributed by atoms with van der Waals surface area (Å²) in [6, 6.07) is 7.40. The van der Waals surface area contributed by atoms with Crippen LogP contribution in [0.25, 0.3) is 0 Å². The zero-order valence-corrected chi connectivity index (χ0v) is 11.3. The predicted octanol–water partition coefficient (Wildman–Crippen LogP) is 3.04. The zero-order valence-electron chi connectivity index (χ0n) is 11.3. The van der Waals surface area contributed by atoms with Gasteiger partial charge in [0, 0.05) is 24.8 Å². The van der Waals surface area contributed by atoms with Crippen molar-refractivity contribution in [3.05, 3.63) is 30.1 Å². The van der Waals surface area contributed by atoms with Crippen molar-refractivity contribution in [2.75, 3.05) is 24.5 Å². The monoisotopic (exact) mass is 250 g/mol. The molecule has 2 nitrogen and oxygen atoms in total. The van der Waals surface area contributed by atoms with Crippen LogP contribution < -0.4 is 10.2 Å². The second kappa shape index (κ2) is 6.19. The number of nitrogens with zero attached hydrogens (tertiary/aromatic N) is 1. The van der Waals surface area contributed by atoms with E-state index in [4.69, 9.17) is 0 Å². The normalized spacial score (nSPS) is 24.3. The van der Waals surface area contributed by atoms with Crippen LogP contribution in [0.2, 0.25) is 0 Å². The molecule has 2 atom stereocenters. The lowest BCUT2D eigenvalue weighted by atomic mass is 9.95. The first kappa shape index (κ1) is 13.3. The van der Waals surface area contributed by atoms with Crippen LogP contribution in [-0.2, 0) is 0 Å². The molecule has 18 heavy (non-hydrogen) atoms. The van der Waals surface area contributed by atoms with Crippen molar-refractivity contribution in [2.24, 2.45) is 5.92 Å². The quantitative estimate of drug-likeness (QED) is 0.883. The van der Waals surface area contributed by atoms with Crippen molar-refractivity contribution in [2.45, 2.75) is 32.7 Å². The van der Waals surface area contributed by atoms with Gasteiger partial charge in [0.15, 0.2) is 0 Å². The van der Waals surface area contributed by atoms with Crippen LogP contribution in [0.3, 0.4) is 0 Å². The smallest absolute Gasteiger partial charge is 0.123 e. The maximum Gasteiger partial charge on any atom is 0.123 e. The second-order valence-corrected chi connectivity index (χ2v) is 5.37. The molecule has 2 rings (SSSR count). The molecule has 0 amide bonds. The third-order valence-corrected chi connectivity index (χ3v) is 3.53. The molecule has 3 heteroatoms. The number of benzene rings is 1. The van der Waals surface area contributed by atoms with Gasteiger partial charge in [0.1, 0.15) is 5.82 Å². The molecule has 0 saturated carbocycles. The van der Waals surface area contributed by atoms with Gasteiger partial charge in [0.2, 0.25) is 0 Å². The molecule has 1 fully saturated rings. The summed E-state index contributed by atoms with van der Waals surface area (Å²) in [7, 11) is 0. The molecular weight excluding hydrogens is 227 g/mol. The summed E-state index contributed by atoms with van der Waals surface area (Å²) < 4.78 is 12.9. The van der Waals surface area contributed by atoms with Crippen LogP contribution in [0.15, 0.2) is 24.3 Å². The number of hydrogen-bond acceptors (Lipinski definition) is 2. The Balaban J connectivity index is 2.01. The Labute approximate surface area is 109 Å². The van der Waals surface area contributed by atoms with Crippen molar-refractivity contribution < 1.29 is 4.39 Å². The molecule has 0 aromatic heterocycles. The molecule has 0 aliphatic carbocycles. The van der Waals surface area contributed by atoms with E-state index in [0.29, 0.717) is 12.0 Å². The molecule has 0 radical (unpaired) electrons.